The van der Waals surface area contributed by atoms with Crippen LogP contribution in [0.1, 0.15) is 50.8 Å². The van der Waals surface area contributed by atoms with Crippen LogP contribution in [0.5, 0.6) is 0 Å². The van der Waals surface area contributed by atoms with E-state index in [1.54, 1.807) is 36.6 Å². The molecule has 0 atom stereocenters. The fourth-order valence-corrected chi connectivity index (χ4v) is 1.65. The van der Waals surface area contributed by atoms with E-state index in [4.69, 9.17) is 10.5 Å². The minimum Gasteiger partial charge on any atom is -0.461 e. The summed E-state index contributed by atoms with van der Waals surface area (Å²) in [5, 5.41) is 0. The molecule has 0 bridgehead atoms. The lowest BCUT2D eigenvalue weighted by molar-refractivity contribution is 0.0517. The highest BCUT2D eigenvalue weighted by atomic mass is 16.5. The summed E-state index contributed by atoms with van der Waals surface area (Å²) < 4.78 is 6.63. The zero-order chi connectivity index (χ0) is 15.7. The van der Waals surface area contributed by atoms with E-state index in [2.05, 4.69) is 4.98 Å². The number of ether oxygens (including phenoxy) is 1. The number of pyridine rings is 1. The van der Waals surface area contributed by atoms with Crippen molar-refractivity contribution < 1.29 is 9.53 Å². The van der Waals surface area contributed by atoms with Gasteiger partial charge in [0.25, 0.3) is 0 Å². The maximum absolute atomic E-state index is 11.7. The molecule has 2 N–H and O–H groups in total. The summed E-state index contributed by atoms with van der Waals surface area (Å²) in [6.07, 6.45) is 1.75. The number of esters is 1. The summed E-state index contributed by atoms with van der Waals surface area (Å²) in [5.74, 6) is -0.377. The van der Waals surface area contributed by atoms with E-state index in [1.807, 2.05) is 27.7 Å². The fourth-order valence-electron chi connectivity index (χ4n) is 1.65. The Morgan fingerprint density at radius 2 is 1.95 bits per heavy atom. The first-order chi connectivity index (χ1) is 9.65. The van der Waals surface area contributed by atoms with E-state index in [0.717, 1.165) is 0 Å². The van der Waals surface area contributed by atoms with Crippen molar-refractivity contribution in [3.63, 3.8) is 0 Å². The van der Waals surface area contributed by atoms with Crippen molar-refractivity contribution in [2.75, 3.05) is 12.3 Å². The molecule has 112 valence electrons. The molecule has 0 aliphatic carbocycles. The minimum atomic E-state index is -0.377. The quantitative estimate of drug-likeness (QED) is 0.855. The van der Waals surface area contributed by atoms with Crippen molar-refractivity contribution in [1.29, 1.82) is 0 Å². The second-order valence-electron chi connectivity index (χ2n) is 3.42. The molecule has 0 aromatic carbocycles. The molecule has 20 heavy (non-hydrogen) atoms. The van der Waals surface area contributed by atoms with Crippen molar-refractivity contribution in [1.82, 2.24) is 9.38 Å². The van der Waals surface area contributed by atoms with Gasteiger partial charge in [0.05, 0.1) is 18.0 Å². The van der Waals surface area contributed by atoms with Gasteiger partial charge in [-0.25, -0.2) is 9.78 Å². The number of carbonyl (C=O) groups is 1. The van der Waals surface area contributed by atoms with Gasteiger partial charge in [0, 0.05) is 6.20 Å². The van der Waals surface area contributed by atoms with Gasteiger partial charge in [-0.05, 0) is 26.0 Å². The zero-order valence-corrected chi connectivity index (χ0v) is 13.2. The number of aromatic nitrogens is 2. The van der Waals surface area contributed by atoms with Gasteiger partial charge >= 0.3 is 5.97 Å². The van der Waals surface area contributed by atoms with Crippen molar-refractivity contribution in [2.45, 2.75) is 41.5 Å². The van der Waals surface area contributed by atoms with E-state index in [1.165, 1.54) is 0 Å². The molecule has 2 aromatic heterocycles. The number of nitrogen functional groups attached to an aromatic ring is 1. The molecule has 0 saturated heterocycles. The van der Waals surface area contributed by atoms with Gasteiger partial charge in [0.2, 0.25) is 0 Å². The number of aryl methyl sites for hydroxylation is 1. The molecule has 2 rings (SSSR count). The normalized spacial score (nSPS) is 9.10. The second-order valence-corrected chi connectivity index (χ2v) is 3.42. The number of imidazole rings is 1. The number of nitrogens with zero attached hydrogens (tertiary/aromatic N) is 2. The van der Waals surface area contributed by atoms with Crippen molar-refractivity contribution in [3.8, 4) is 0 Å². The Morgan fingerprint density at radius 1 is 1.35 bits per heavy atom. The first kappa shape index (κ1) is 18.0. The summed E-state index contributed by atoms with van der Waals surface area (Å²) in [7, 11) is 0. The molecule has 2 aromatic rings. The first-order valence-electron chi connectivity index (χ1n) is 7.05. The summed E-state index contributed by atoms with van der Waals surface area (Å²) in [6.45, 7) is 11.9. The third-order valence-corrected chi connectivity index (χ3v) is 2.32. The molecule has 0 aliphatic heterocycles. The molecule has 0 saturated carbocycles. The van der Waals surface area contributed by atoms with E-state index < -0.39 is 0 Å². The third-order valence-electron chi connectivity index (χ3n) is 2.32. The average Bonchev–Trinajstić information content (AvgIpc) is 2.81. The van der Waals surface area contributed by atoms with E-state index in [9.17, 15) is 4.79 Å². The lowest BCUT2D eigenvalue weighted by Crippen LogP contribution is -2.09. The van der Waals surface area contributed by atoms with Crippen LogP contribution in [0.3, 0.4) is 0 Å². The largest absolute Gasteiger partial charge is 0.461 e. The maximum Gasteiger partial charge on any atom is 0.357 e. The standard InChI is InChI=1S/C11H13N3O2.2C2H6/c1-3-16-11(15)9-7(2)13-10-8(12)5-4-6-14(9)10;2*1-2/h4-6H,3,12H2,1-2H3;2*1-2H3. The lowest BCUT2D eigenvalue weighted by atomic mass is 10.3. The maximum atomic E-state index is 11.7. The molecule has 0 spiro atoms. The smallest absolute Gasteiger partial charge is 0.357 e. The molecule has 0 unspecified atom stereocenters. The second kappa shape index (κ2) is 8.96. The van der Waals surface area contributed by atoms with Crippen LogP contribution in [0.15, 0.2) is 18.3 Å². The Bertz CT molecular complexity index is 547. The third kappa shape index (κ3) is 3.73. The van der Waals surface area contributed by atoms with Crippen molar-refractivity contribution in [2.24, 2.45) is 0 Å². The van der Waals surface area contributed by atoms with Gasteiger partial charge in [-0.3, -0.25) is 4.40 Å². The molecular formula is C15H25N3O2. The Balaban J connectivity index is 0.000000829. The van der Waals surface area contributed by atoms with Gasteiger partial charge < -0.3 is 10.5 Å². The Hall–Kier alpha value is -2.04. The molecule has 2 heterocycles. The van der Waals surface area contributed by atoms with E-state index in [0.29, 0.717) is 29.3 Å². The number of nitrogens with two attached hydrogens (primary N) is 1. The Morgan fingerprint density at radius 3 is 2.50 bits per heavy atom. The zero-order valence-electron chi connectivity index (χ0n) is 13.2. The Labute approximate surface area is 120 Å². The topological polar surface area (TPSA) is 69.6 Å². The van der Waals surface area contributed by atoms with Crippen LogP contribution in [-0.2, 0) is 4.74 Å². The minimum absolute atomic E-state index is 0.341. The van der Waals surface area contributed by atoms with Gasteiger partial charge in [-0.1, -0.05) is 27.7 Å². The van der Waals surface area contributed by atoms with E-state index in [-0.39, 0.29) is 5.97 Å². The predicted octanol–water partition coefficient (Wildman–Crippen LogP) is 3.45. The molecular weight excluding hydrogens is 254 g/mol. The summed E-state index contributed by atoms with van der Waals surface area (Å²) in [5.41, 5.74) is 7.96. The highest BCUT2D eigenvalue weighted by Gasteiger charge is 2.18. The number of anilines is 1. The van der Waals surface area contributed by atoms with Crippen LogP contribution >= 0.6 is 0 Å². The average molecular weight is 279 g/mol. The van der Waals surface area contributed by atoms with Gasteiger partial charge in [-0.15, -0.1) is 0 Å². The van der Waals surface area contributed by atoms with Crippen LogP contribution in [0.25, 0.3) is 5.65 Å². The first-order valence-corrected chi connectivity index (χ1v) is 7.05. The van der Waals surface area contributed by atoms with Gasteiger partial charge in [-0.2, -0.15) is 0 Å². The SMILES string of the molecule is CC.CC.CCOC(=O)c1c(C)nc2c(N)cccn12. The summed E-state index contributed by atoms with van der Waals surface area (Å²) in [4.78, 5) is 16.0. The monoisotopic (exact) mass is 279 g/mol. The van der Waals surface area contributed by atoms with Crippen LogP contribution in [0.4, 0.5) is 5.69 Å². The molecule has 0 amide bonds. The van der Waals surface area contributed by atoms with Gasteiger partial charge in [0.15, 0.2) is 11.3 Å². The van der Waals surface area contributed by atoms with Crippen LogP contribution in [0.2, 0.25) is 0 Å². The molecule has 0 aliphatic rings. The van der Waals surface area contributed by atoms with E-state index >= 15 is 0 Å². The number of fused-ring (bicyclic) bond motifs is 1. The summed E-state index contributed by atoms with van der Waals surface area (Å²) >= 11 is 0. The van der Waals surface area contributed by atoms with Crippen LogP contribution < -0.4 is 5.73 Å². The summed E-state index contributed by atoms with van der Waals surface area (Å²) in [6, 6.07) is 3.52. The van der Waals surface area contributed by atoms with Crippen LogP contribution in [0, 0.1) is 6.92 Å². The number of hydrogen-bond donors (Lipinski definition) is 1. The highest BCUT2D eigenvalue weighted by Crippen LogP contribution is 2.17. The van der Waals surface area contributed by atoms with Gasteiger partial charge in [0.1, 0.15) is 0 Å². The number of rotatable bonds is 2. The lowest BCUT2D eigenvalue weighted by Gasteiger charge is -2.03. The predicted molar refractivity (Wildman–Crippen MR) is 83.0 cm³/mol. The molecule has 5 nitrogen and oxygen atoms in total. The Kier molecular flexibility index (Phi) is 8.04. The number of hydrogen-bond acceptors (Lipinski definition) is 4. The molecule has 0 radical (unpaired) electrons. The highest BCUT2D eigenvalue weighted by molar-refractivity contribution is 5.90. The van der Waals surface area contributed by atoms with Crippen molar-refractivity contribution >= 4 is 17.3 Å². The van der Waals surface area contributed by atoms with Crippen LogP contribution in [-0.4, -0.2) is 22.0 Å². The van der Waals surface area contributed by atoms with Crippen molar-refractivity contribution in [3.05, 3.63) is 29.7 Å². The molecule has 0 fully saturated rings. The fraction of sp³-hybridized carbons (Fsp3) is 0.467. The number of carbonyl (C=O) groups excluding carboxylic acids is 1. The molecule has 5 heteroatoms.